The van der Waals surface area contributed by atoms with Gasteiger partial charge in [-0.25, -0.2) is 4.79 Å². The van der Waals surface area contributed by atoms with Crippen molar-refractivity contribution in [2.24, 2.45) is 0 Å². The van der Waals surface area contributed by atoms with Crippen LogP contribution in [-0.2, 0) is 30.3 Å². The van der Waals surface area contributed by atoms with Crippen molar-refractivity contribution in [3.05, 3.63) is 35.9 Å². The lowest BCUT2D eigenvalue weighted by Crippen LogP contribution is -2.54. The van der Waals surface area contributed by atoms with E-state index in [4.69, 9.17) is 4.74 Å². The van der Waals surface area contributed by atoms with E-state index in [0.717, 1.165) is 18.4 Å². The molecule has 0 aromatic heterocycles. The number of nitrogens with zero attached hydrogens (tertiary/aromatic N) is 2. The number of carbonyl (C=O) groups excluding carboxylic acids is 3. The summed E-state index contributed by atoms with van der Waals surface area (Å²) in [6, 6.07) is 7.61. The average molecular weight is 478 g/mol. The van der Waals surface area contributed by atoms with Crippen LogP contribution in [0.4, 0.5) is 0 Å². The van der Waals surface area contributed by atoms with Crippen molar-refractivity contribution >= 4 is 25.1 Å². The second kappa shape index (κ2) is 11.3. The number of hydrogen-bond acceptors (Lipinski definition) is 5. The number of rotatable bonds is 9. The van der Waals surface area contributed by atoms with Crippen molar-refractivity contribution in [1.82, 2.24) is 14.9 Å². The zero-order valence-corrected chi connectivity index (χ0v) is 20.8. The first kappa shape index (κ1) is 25.4. The van der Waals surface area contributed by atoms with Gasteiger partial charge in [-0.05, 0) is 38.2 Å². The maximum Gasteiger partial charge on any atom is 0.329 e. The molecule has 2 fully saturated rings. The maximum atomic E-state index is 13.4. The number of nitrogens with one attached hydrogen (secondary N) is 1. The molecule has 2 heterocycles. The summed E-state index contributed by atoms with van der Waals surface area (Å²) in [5.74, 6) is -0.806. The van der Waals surface area contributed by atoms with Gasteiger partial charge in [-0.1, -0.05) is 44.2 Å². The van der Waals surface area contributed by atoms with Crippen molar-refractivity contribution in [1.29, 1.82) is 0 Å². The summed E-state index contributed by atoms with van der Waals surface area (Å²) in [5, 5.41) is 3.02. The third kappa shape index (κ3) is 6.04. The Morgan fingerprint density at radius 2 is 1.64 bits per heavy atom. The van der Waals surface area contributed by atoms with Gasteiger partial charge in [-0.3, -0.25) is 14.7 Å². The fourth-order valence-corrected chi connectivity index (χ4v) is 6.27. The molecule has 1 aromatic rings. The van der Waals surface area contributed by atoms with Crippen LogP contribution in [0.25, 0.3) is 0 Å². The first-order valence-electron chi connectivity index (χ1n) is 12.0. The van der Waals surface area contributed by atoms with Crippen LogP contribution in [0.2, 0.25) is 0 Å². The first-order chi connectivity index (χ1) is 15.8. The van der Waals surface area contributed by atoms with E-state index in [1.807, 2.05) is 44.2 Å². The number of hydrogen-bond donors (Lipinski definition) is 1. The highest BCUT2D eigenvalue weighted by Crippen LogP contribution is 2.40. The predicted octanol–water partition coefficient (Wildman–Crippen LogP) is 3.01. The Hall–Kier alpha value is -2.18. The van der Waals surface area contributed by atoms with Gasteiger partial charge in [0.15, 0.2) is 0 Å². The van der Waals surface area contributed by atoms with Gasteiger partial charge in [0, 0.05) is 25.4 Å². The molecule has 182 valence electrons. The summed E-state index contributed by atoms with van der Waals surface area (Å²) in [4.78, 5) is 42.5. The van der Waals surface area contributed by atoms with Crippen LogP contribution >= 0.6 is 7.29 Å². The summed E-state index contributed by atoms with van der Waals surface area (Å²) in [7, 11) is -2.61. The SMILES string of the molecule is CCP(=O)(CC)N[C@@H](C)C(=O)N1CCC[C@H]1C(=O)N1CCC[C@H]1C(=O)OCc1ccccc1. The predicted molar refractivity (Wildman–Crippen MR) is 127 cm³/mol. The van der Waals surface area contributed by atoms with Crippen LogP contribution in [0, 0.1) is 0 Å². The normalized spacial score (nSPS) is 21.8. The van der Waals surface area contributed by atoms with Gasteiger partial charge in [0.2, 0.25) is 11.8 Å². The second-order valence-electron chi connectivity index (χ2n) is 8.85. The monoisotopic (exact) mass is 477 g/mol. The molecule has 9 heteroatoms. The van der Waals surface area contributed by atoms with Crippen LogP contribution in [-0.4, -0.2) is 71.1 Å². The molecule has 33 heavy (non-hydrogen) atoms. The van der Waals surface area contributed by atoms with Crippen molar-refractivity contribution in [2.75, 3.05) is 25.4 Å². The molecule has 0 radical (unpaired) electrons. The zero-order chi connectivity index (χ0) is 24.0. The van der Waals surface area contributed by atoms with Gasteiger partial charge in [0.25, 0.3) is 0 Å². The van der Waals surface area contributed by atoms with E-state index >= 15 is 0 Å². The van der Waals surface area contributed by atoms with E-state index in [2.05, 4.69) is 5.09 Å². The topological polar surface area (TPSA) is 96.0 Å². The zero-order valence-electron chi connectivity index (χ0n) is 19.9. The van der Waals surface area contributed by atoms with E-state index in [1.54, 1.807) is 16.7 Å². The van der Waals surface area contributed by atoms with Crippen LogP contribution in [0.1, 0.15) is 52.0 Å². The number of carbonyl (C=O) groups is 3. The van der Waals surface area contributed by atoms with Crippen LogP contribution < -0.4 is 5.09 Å². The van der Waals surface area contributed by atoms with Crippen molar-refractivity contribution in [3.8, 4) is 0 Å². The minimum atomic E-state index is -2.61. The highest BCUT2D eigenvalue weighted by Gasteiger charge is 2.43. The first-order valence-corrected chi connectivity index (χ1v) is 14.0. The summed E-state index contributed by atoms with van der Waals surface area (Å²) >= 11 is 0. The highest BCUT2D eigenvalue weighted by molar-refractivity contribution is 7.61. The largest absolute Gasteiger partial charge is 0.459 e. The summed E-state index contributed by atoms with van der Waals surface area (Å²) in [5.41, 5.74) is 0.896. The molecule has 3 atom stereocenters. The molecule has 0 aliphatic carbocycles. The van der Waals surface area contributed by atoms with Gasteiger partial charge in [-0.2, -0.15) is 0 Å². The van der Waals surface area contributed by atoms with Crippen molar-refractivity contribution < 1.29 is 23.7 Å². The van der Waals surface area contributed by atoms with E-state index < -0.39 is 31.4 Å². The molecule has 0 unspecified atom stereocenters. The minimum absolute atomic E-state index is 0.171. The smallest absolute Gasteiger partial charge is 0.329 e. The van der Waals surface area contributed by atoms with E-state index in [-0.39, 0.29) is 18.4 Å². The number of ether oxygens (including phenoxy) is 1. The molecule has 2 amide bonds. The molecule has 2 saturated heterocycles. The molecule has 2 aliphatic heterocycles. The van der Waals surface area contributed by atoms with E-state index in [0.29, 0.717) is 38.3 Å². The number of amides is 2. The Labute approximate surface area is 196 Å². The standard InChI is InChI=1S/C24H36N3O5P/c1-4-33(31,5-2)25-18(3)22(28)26-15-9-13-20(26)23(29)27-16-10-14-21(27)24(30)32-17-19-11-7-6-8-12-19/h6-8,11-12,18,20-21H,4-5,9-10,13-17H2,1-3H3,(H,25,31)/t18-,20-,21-/m0/s1. The third-order valence-corrected chi connectivity index (χ3v) is 9.57. The summed E-state index contributed by atoms with van der Waals surface area (Å²) in [6.07, 6.45) is 3.54. The summed E-state index contributed by atoms with van der Waals surface area (Å²) < 4.78 is 18.3. The van der Waals surface area contributed by atoms with Gasteiger partial charge in [0.05, 0.1) is 6.04 Å². The fraction of sp³-hybridized carbons (Fsp3) is 0.625. The number of esters is 1. The number of benzene rings is 1. The number of likely N-dealkylation sites (tertiary alicyclic amines) is 2. The molecule has 0 spiro atoms. The molecule has 0 saturated carbocycles. The Morgan fingerprint density at radius 3 is 2.27 bits per heavy atom. The van der Waals surface area contributed by atoms with Gasteiger partial charge in [0.1, 0.15) is 26.0 Å². The van der Waals surface area contributed by atoms with Crippen LogP contribution in [0.15, 0.2) is 30.3 Å². The Kier molecular flexibility index (Phi) is 8.71. The lowest BCUT2D eigenvalue weighted by molar-refractivity contribution is -0.156. The molecule has 2 aliphatic rings. The Bertz CT molecular complexity index is 885. The fourth-order valence-electron chi connectivity index (χ4n) is 4.64. The Morgan fingerprint density at radius 1 is 1.03 bits per heavy atom. The minimum Gasteiger partial charge on any atom is -0.459 e. The van der Waals surface area contributed by atoms with Gasteiger partial charge >= 0.3 is 5.97 Å². The molecular formula is C24H36N3O5P. The Balaban J connectivity index is 1.63. The van der Waals surface area contributed by atoms with Crippen LogP contribution in [0.5, 0.6) is 0 Å². The molecule has 1 N–H and O–H groups in total. The van der Waals surface area contributed by atoms with Crippen LogP contribution in [0.3, 0.4) is 0 Å². The van der Waals surface area contributed by atoms with E-state index in [1.165, 1.54) is 0 Å². The lowest BCUT2D eigenvalue weighted by Gasteiger charge is -2.32. The third-order valence-electron chi connectivity index (χ3n) is 6.67. The average Bonchev–Trinajstić information content (AvgIpc) is 3.52. The summed E-state index contributed by atoms with van der Waals surface area (Å²) in [6.45, 7) is 6.55. The molecular weight excluding hydrogens is 441 g/mol. The molecule has 1 aromatic carbocycles. The lowest BCUT2D eigenvalue weighted by atomic mass is 10.1. The molecule has 0 bridgehead atoms. The maximum absolute atomic E-state index is 13.4. The second-order valence-corrected chi connectivity index (χ2v) is 12.1. The quantitative estimate of drug-likeness (QED) is 0.434. The van der Waals surface area contributed by atoms with Gasteiger partial charge < -0.3 is 19.1 Å². The molecule has 8 nitrogen and oxygen atoms in total. The molecule has 3 rings (SSSR count). The highest BCUT2D eigenvalue weighted by atomic mass is 31.2. The van der Waals surface area contributed by atoms with E-state index in [9.17, 15) is 18.9 Å². The van der Waals surface area contributed by atoms with Gasteiger partial charge in [-0.15, -0.1) is 0 Å². The van der Waals surface area contributed by atoms with Crippen molar-refractivity contribution in [3.63, 3.8) is 0 Å². The van der Waals surface area contributed by atoms with Crippen molar-refractivity contribution in [2.45, 2.75) is 71.2 Å².